The van der Waals surface area contributed by atoms with Crippen molar-refractivity contribution in [1.82, 2.24) is 0 Å². The van der Waals surface area contributed by atoms with Crippen LogP contribution in [-0.2, 0) is 16.0 Å². The van der Waals surface area contributed by atoms with Crippen molar-refractivity contribution in [3.05, 3.63) is 29.6 Å². The number of halogens is 1. The molecule has 0 spiro atoms. The lowest BCUT2D eigenvalue weighted by atomic mass is 9.97. The smallest absolute Gasteiger partial charge is 0.321 e. The highest BCUT2D eigenvalue weighted by atomic mass is 19.1. The molecular formula is C10H7FO3. The lowest BCUT2D eigenvalue weighted by Gasteiger charge is -2.19. The van der Waals surface area contributed by atoms with Crippen molar-refractivity contribution in [2.45, 2.75) is 6.42 Å². The van der Waals surface area contributed by atoms with E-state index >= 15 is 0 Å². The summed E-state index contributed by atoms with van der Waals surface area (Å²) in [5.41, 5.74) is 0.296. The summed E-state index contributed by atoms with van der Waals surface area (Å²) in [5.74, 6) is -1.72. The summed E-state index contributed by atoms with van der Waals surface area (Å²) in [6.45, 7) is 0. The number of fused-ring (bicyclic) bond motifs is 1. The summed E-state index contributed by atoms with van der Waals surface area (Å²) in [4.78, 5) is 21.6. The van der Waals surface area contributed by atoms with Crippen molar-refractivity contribution in [3.8, 4) is 5.75 Å². The van der Waals surface area contributed by atoms with E-state index < -0.39 is 17.7 Å². The third-order valence-corrected chi connectivity index (χ3v) is 2.18. The fourth-order valence-corrected chi connectivity index (χ4v) is 1.42. The van der Waals surface area contributed by atoms with Crippen LogP contribution in [0.1, 0.15) is 5.56 Å². The molecule has 1 aliphatic heterocycles. The molecule has 0 radical (unpaired) electrons. The molecule has 1 unspecified atom stereocenters. The molecule has 1 heterocycles. The quantitative estimate of drug-likeness (QED) is 0.291. The topological polar surface area (TPSA) is 43.4 Å². The second-order valence-electron chi connectivity index (χ2n) is 3.08. The van der Waals surface area contributed by atoms with Gasteiger partial charge in [-0.2, -0.15) is 0 Å². The highest BCUT2D eigenvalue weighted by Crippen LogP contribution is 2.29. The molecule has 72 valence electrons. The maximum Gasteiger partial charge on any atom is 0.321 e. The van der Waals surface area contributed by atoms with Gasteiger partial charge >= 0.3 is 5.97 Å². The first kappa shape index (κ1) is 8.87. The van der Waals surface area contributed by atoms with Crippen LogP contribution in [0.25, 0.3) is 0 Å². The molecule has 1 aliphatic rings. The van der Waals surface area contributed by atoms with Crippen LogP contribution >= 0.6 is 0 Å². The van der Waals surface area contributed by atoms with Gasteiger partial charge in [0.2, 0.25) is 0 Å². The van der Waals surface area contributed by atoms with Crippen LogP contribution in [0.4, 0.5) is 4.39 Å². The van der Waals surface area contributed by atoms with Crippen molar-refractivity contribution in [1.29, 1.82) is 0 Å². The first-order valence-corrected chi connectivity index (χ1v) is 4.16. The Hall–Kier alpha value is -1.71. The molecular weight excluding hydrogens is 187 g/mol. The number of ether oxygens (including phenoxy) is 1. The van der Waals surface area contributed by atoms with Crippen molar-refractivity contribution in [2.75, 3.05) is 0 Å². The molecule has 2 rings (SSSR count). The summed E-state index contributed by atoms with van der Waals surface area (Å²) >= 11 is 0. The largest absolute Gasteiger partial charge is 0.426 e. The van der Waals surface area contributed by atoms with Gasteiger partial charge in [-0.1, -0.05) is 6.07 Å². The number of aldehydes is 1. The third kappa shape index (κ3) is 1.28. The molecule has 0 amide bonds. The molecule has 1 atom stereocenters. The maximum absolute atomic E-state index is 13.2. The van der Waals surface area contributed by atoms with E-state index in [-0.39, 0.29) is 12.2 Å². The van der Waals surface area contributed by atoms with E-state index in [0.717, 1.165) is 0 Å². The van der Waals surface area contributed by atoms with Crippen molar-refractivity contribution >= 4 is 12.3 Å². The fourth-order valence-electron chi connectivity index (χ4n) is 1.42. The minimum Gasteiger partial charge on any atom is -0.426 e. The number of carbonyl (C=O) groups excluding carboxylic acids is 2. The minimum atomic E-state index is -0.876. The Balaban J connectivity index is 2.45. The molecule has 0 saturated carbocycles. The number of hydrogen-bond acceptors (Lipinski definition) is 3. The Morgan fingerprint density at radius 2 is 2.29 bits per heavy atom. The van der Waals surface area contributed by atoms with E-state index in [2.05, 4.69) is 0 Å². The third-order valence-electron chi connectivity index (χ3n) is 2.18. The zero-order valence-electron chi connectivity index (χ0n) is 7.20. The molecule has 0 bridgehead atoms. The van der Waals surface area contributed by atoms with Gasteiger partial charge in [-0.3, -0.25) is 4.79 Å². The molecule has 0 aliphatic carbocycles. The normalized spacial score (nSPS) is 19.8. The first-order chi connectivity index (χ1) is 6.72. The van der Waals surface area contributed by atoms with Crippen molar-refractivity contribution < 1.29 is 18.7 Å². The monoisotopic (exact) mass is 194 g/mol. The van der Waals surface area contributed by atoms with Crippen LogP contribution in [0.15, 0.2) is 18.2 Å². The SMILES string of the molecule is O=CC1Cc2c(F)cccc2OC1=O. The van der Waals surface area contributed by atoms with Gasteiger partial charge in [-0.15, -0.1) is 0 Å². The van der Waals surface area contributed by atoms with Crippen LogP contribution in [-0.4, -0.2) is 12.3 Å². The molecule has 0 aromatic heterocycles. The van der Waals surface area contributed by atoms with Crippen LogP contribution in [0.5, 0.6) is 5.75 Å². The maximum atomic E-state index is 13.2. The molecule has 4 heteroatoms. The average molecular weight is 194 g/mol. The van der Waals surface area contributed by atoms with E-state index in [1.54, 1.807) is 0 Å². The number of benzene rings is 1. The Morgan fingerprint density at radius 1 is 1.50 bits per heavy atom. The van der Waals surface area contributed by atoms with Gasteiger partial charge in [0, 0.05) is 5.56 Å². The van der Waals surface area contributed by atoms with E-state index in [4.69, 9.17) is 4.74 Å². The molecule has 1 aromatic rings. The van der Waals surface area contributed by atoms with Gasteiger partial charge in [-0.25, -0.2) is 4.39 Å². The zero-order valence-corrected chi connectivity index (χ0v) is 7.20. The summed E-state index contributed by atoms with van der Waals surface area (Å²) in [6.07, 6.45) is 0.571. The van der Waals surface area contributed by atoms with E-state index in [1.165, 1.54) is 18.2 Å². The fraction of sp³-hybridized carbons (Fsp3) is 0.200. The van der Waals surface area contributed by atoms with Gasteiger partial charge in [0.1, 0.15) is 23.8 Å². The number of rotatable bonds is 1. The van der Waals surface area contributed by atoms with E-state index in [9.17, 15) is 14.0 Å². The molecule has 0 N–H and O–H groups in total. The summed E-state index contributed by atoms with van der Waals surface area (Å²) in [5, 5.41) is 0. The summed E-state index contributed by atoms with van der Waals surface area (Å²) in [7, 11) is 0. The predicted octanol–water partition coefficient (Wildman–Crippen LogP) is 1.10. The Bertz CT molecular complexity index is 400. The average Bonchev–Trinajstić information content (AvgIpc) is 2.17. The summed E-state index contributed by atoms with van der Waals surface area (Å²) in [6, 6.07) is 4.25. The molecule has 14 heavy (non-hydrogen) atoms. The molecule has 3 nitrogen and oxygen atoms in total. The number of hydrogen-bond donors (Lipinski definition) is 0. The summed E-state index contributed by atoms with van der Waals surface area (Å²) < 4.78 is 18.0. The predicted molar refractivity (Wildman–Crippen MR) is 45.3 cm³/mol. The Labute approximate surface area is 79.5 Å². The van der Waals surface area contributed by atoms with E-state index in [1.807, 2.05) is 0 Å². The molecule has 0 saturated heterocycles. The zero-order chi connectivity index (χ0) is 10.1. The Kier molecular flexibility index (Phi) is 2.04. The Morgan fingerprint density at radius 3 is 3.00 bits per heavy atom. The van der Waals surface area contributed by atoms with Crippen LogP contribution < -0.4 is 4.74 Å². The van der Waals surface area contributed by atoms with E-state index in [0.29, 0.717) is 11.8 Å². The molecule has 0 fully saturated rings. The number of esters is 1. The standard InChI is InChI=1S/C10H7FO3/c11-8-2-1-3-9-7(8)4-6(5-12)10(13)14-9/h1-3,5-6H,4H2. The first-order valence-electron chi connectivity index (χ1n) is 4.16. The van der Waals surface area contributed by atoms with Crippen molar-refractivity contribution in [3.63, 3.8) is 0 Å². The lowest BCUT2D eigenvalue weighted by Crippen LogP contribution is -2.29. The van der Waals surface area contributed by atoms with Crippen LogP contribution in [0.3, 0.4) is 0 Å². The van der Waals surface area contributed by atoms with Gasteiger partial charge < -0.3 is 9.53 Å². The van der Waals surface area contributed by atoms with Crippen LogP contribution in [0, 0.1) is 11.7 Å². The van der Waals surface area contributed by atoms with Crippen molar-refractivity contribution in [2.24, 2.45) is 5.92 Å². The second kappa shape index (κ2) is 3.21. The number of carbonyl (C=O) groups is 2. The highest BCUT2D eigenvalue weighted by Gasteiger charge is 2.29. The molecule has 1 aromatic carbocycles. The minimum absolute atomic E-state index is 0.0876. The van der Waals surface area contributed by atoms with Gasteiger partial charge in [0.15, 0.2) is 0 Å². The highest BCUT2D eigenvalue weighted by molar-refractivity contribution is 5.91. The van der Waals surface area contributed by atoms with Gasteiger partial charge in [0.05, 0.1) is 0 Å². The lowest BCUT2D eigenvalue weighted by molar-refractivity contribution is -0.142. The second-order valence-corrected chi connectivity index (χ2v) is 3.08. The van der Waals surface area contributed by atoms with Crippen LogP contribution in [0.2, 0.25) is 0 Å². The van der Waals surface area contributed by atoms with Gasteiger partial charge in [0.25, 0.3) is 0 Å². The van der Waals surface area contributed by atoms with Gasteiger partial charge in [-0.05, 0) is 18.6 Å².